The number of carboxylic acid groups (broad SMARTS) is 1. The Bertz CT molecular complexity index is 1490. The summed E-state index contributed by atoms with van der Waals surface area (Å²) >= 11 is 0. The number of carbonyl (C=O) groups is 2. The normalized spacial score (nSPS) is 14.1. The summed E-state index contributed by atoms with van der Waals surface area (Å²) in [6.45, 7) is 0. The monoisotopic (exact) mass is 434 g/mol. The van der Waals surface area contributed by atoms with Gasteiger partial charge in [0.05, 0.1) is 16.9 Å². The highest BCUT2D eigenvalue weighted by atomic mass is 32.2. The number of hydrogen-bond acceptors (Lipinski definition) is 5. The van der Waals surface area contributed by atoms with E-state index in [1.807, 2.05) is 24.3 Å². The highest BCUT2D eigenvalue weighted by Gasteiger charge is 2.28. The number of aliphatic carboxylic acids is 1. The molecule has 0 spiro atoms. The van der Waals surface area contributed by atoms with Crippen LogP contribution in [-0.4, -0.2) is 31.3 Å². The molecule has 0 fully saturated rings. The van der Waals surface area contributed by atoms with Crippen LogP contribution in [0.3, 0.4) is 0 Å². The van der Waals surface area contributed by atoms with Gasteiger partial charge in [-0.1, -0.05) is 30.3 Å². The fourth-order valence-corrected chi connectivity index (χ4v) is 5.43. The van der Waals surface area contributed by atoms with E-state index in [4.69, 9.17) is 0 Å². The van der Waals surface area contributed by atoms with Crippen molar-refractivity contribution in [3.05, 3.63) is 71.9 Å². The minimum atomic E-state index is -4.23. The third-order valence-corrected chi connectivity index (χ3v) is 6.99. The summed E-state index contributed by atoms with van der Waals surface area (Å²) in [6, 6.07) is 13.5. The number of hydrogen-bond donors (Lipinski definition) is 3. The molecule has 1 amide bonds. The number of nitrogens with one attached hydrogen (secondary N) is 3. The van der Waals surface area contributed by atoms with Crippen molar-refractivity contribution in [2.24, 2.45) is 0 Å². The second-order valence-corrected chi connectivity index (χ2v) is 9.03. The molecule has 8 nitrogen and oxygen atoms in total. The van der Waals surface area contributed by atoms with Gasteiger partial charge in [0.2, 0.25) is 10.0 Å². The van der Waals surface area contributed by atoms with Gasteiger partial charge in [-0.2, -0.15) is 0 Å². The second-order valence-electron chi connectivity index (χ2n) is 7.35. The largest absolute Gasteiger partial charge is 0.548 e. The summed E-state index contributed by atoms with van der Waals surface area (Å²) in [7, 11) is -4.23. The fraction of sp³-hybridized carbons (Fsp3) is 0.0909. The van der Waals surface area contributed by atoms with E-state index in [1.165, 1.54) is 12.1 Å². The Hall–Kier alpha value is -3.69. The zero-order valence-electron chi connectivity index (χ0n) is 16.0. The molecule has 0 unspecified atom stereocenters. The van der Waals surface area contributed by atoms with Crippen LogP contribution >= 0.6 is 0 Å². The lowest BCUT2D eigenvalue weighted by molar-refractivity contribution is -0.307. The first-order valence-electron chi connectivity index (χ1n) is 9.50. The van der Waals surface area contributed by atoms with Gasteiger partial charge in [-0.15, -0.1) is 0 Å². The molecule has 1 aromatic heterocycles. The summed E-state index contributed by atoms with van der Waals surface area (Å²) in [5.74, 6) is -1.84. The standard InChI is InChI=1S/C22H17N3O5S/c26-21-15-6-3-5-14-19(9-8-17(24-21)20(14)15)31(29,30)25-18(22(27)28)10-12-11-23-16-7-2-1-4-13(12)16/h1-9,11,18,23,25H,10H2,(H,24,26)(H,27,28)/p-1/t18-/m1/s1. The van der Waals surface area contributed by atoms with Crippen molar-refractivity contribution < 1.29 is 23.1 Å². The number of fused-ring (bicyclic) bond motifs is 1. The number of sulfonamides is 1. The predicted molar refractivity (Wildman–Crippen MR) is 113 cm³/mol. The average molecular weight is 434 g/mol. The lowest BCUT2D eigenvalue weighted by Gasteiger charge is -2.20. The van der Waals surface area contributed by atoms with Crippen LogP contribution in [0.5, 0.6) is 0 Å². The van der Waals surface area contributed by atoms with Gasteiger partial charge in [0.1, 0.15) is 0 Å². The molecule has 3 aromatic carbocycles. The maximum absolute atomic E-state index is 13.2. The van der Waals surface area contributed by atoms with Crippen molar-refractivity contribution in [3.8, 4) is 0 Å². The van der Waals surface area contributed by atoms with Crippen molar-refractivity contribution in [2.45, 2.75) is 17.4 Å². The number of aromatic nitrogens is 1. The van der Waals surface area contributed by atoms with Gasteiger partial charge in [-0.25, -0.2) is 13.1 Å². The maximum Gasteiger partial charge on any atom is 0.256 e. The SMILES string of the molecule is O=C1Nc2ccc(S(=O)(=O)N[C@H](Cc3c[nH]c4ccccc34)C(=O)[O-])c3cccc1c23. The van der Waals surface area contributed by atoms with Crippen molar-refractivity contribution in [1.82, 2.24) is 9.71 Å². The van der Waals surface area contributed by atoms with Crippen LogP contribution in [0.4, 0.5) is 5.69 Å². The van der Waals surface area contributed by atoms with Crippen molar-refractivity contribution in [1.29, 1.82) is 0 Å². The van der Waals surface area contributed by atoms with Crippen molar-refractivity contribution >= 4 is 49.3 Å². The quantitative estimate of drug-likeness (QED) is 0.424. The van der Waals surface area contributed by atoms with Crippen LogP contribution in [0, 0.1) is 0 Å². The Labute approximate surface area is 176 Å². The molecule has 1 aliphatic heterocycles. The third kappa shape index (κ3) is 3.15. The molecular formula is C22H16N3O5S-. The van der Waals surface area contributed by atoms with Crippen LogP contribution < -0.4 is 15.1 Å². The van der Waals surface area contributed by atoms with Crippen LogP contribution in [0.2, 0.25) is 0 Å². The number of para-hydroxylation sites is 1. The molecular weight excluding hydrogens is 418 g/mol. The van der Waals surface area contributed by atoms with Gasteiger partial charge in [-0.05, 0) is 36.2 Å². The van der Waals surface area contributed by atoms with Gasteiger partial charge in [0.15, 0.2) is 0 Å². The summed E-state index contributed by atoms with van der Waals surface area (Å²) in [6.07, 6.45) is 1.57. The van der Waals surface area contributed by atoms with Crippen LogP contribution in [0.25, 0.3) is 21.7 Å². The lowest BCUT2D eigenvalue weighted by Crippen LogP contribution is -2.49. The molecule has 156 valence electrons. The molecule has 5 rings (SSSR count). The molecule has 3 N–H and O–H groups in total. The number of anilines is 1. The molecule has 1 aliphatic rings. The molecule has 1 atom stereocenters. The number of H-pyrrole nitrogens is 1. The van der Waals surface area contributed by atoms with Crippen LogP contribution in [0.1, 0.15) is 15.9 Å². The molecule has 0 radical (unpaired) electrons. The fourth-order valence-electron chi connectivity index (χ4n) is 4.04. The van der Waals surface area contributed by atoms with E-state index in [1.54, 1.807) is 24.4 Å². The topological polar surface area (TPSA) is 131 Å². The van der Waals surface area contributed by atoms with Gasteiger partial charge >= 0.3 is 0 Å². The number of amides is 1. The van der Waals surface area contributed by atoms with Gasteiger partial charge in [0.25, 0.3) is 5.91 Å². The molecule has 9 heteroatoms. The number of aromatic amines is 1. The minimum absolute atomic E-state index is 0.0904. The number of benzene rings is 3. The summed E-state index contributed by atoms with van der Waals surface area (Å²) in [5, 5.41) is 16.1. The van der Waals surface area contributed by atoms with E-state index < -0.39 is 22.0 Å². The Kier molecular flexibility index (Phi) is 4.31. The van der Waals surface area contributed by atoms with E-state index in [0.717, 1.165) is 10.9 Å². The summed E-state index contributed by atoms with van der Waals surface area (Å²) in [5.41, 5.74) is 2.37. The molecule has 2 heterocycles. The van der Waals surface area contributed by atoms with Gasteiger partial charge < -0.3 is 20.2 Å². The average Bonchev–Trinajstić information content (AvgIpc) is 3.30. The molecule has 0 saturated heterocycles. The number of carbonyl (C=O) groups excluding carboxylic acids is 2. The van der Waals surface area contributed by atoms with Crippen molar-refractivity contribution in [2.75, 3.05) is 5.32 Å². The predicted octanol–water partition coefficient (Wildman–Crippen LogP) is 1.53. The minimum Gasteiger partial charge on any atom is -0.548 e. The highest BCUT2D eigenvalue weighted by Crippen LogP contribution is 2.36. The Morgan fingerprint density at radius 3 is 2.61 bits per heavy atom. The Balaban J connectivity index is 1.53. The first kappa shape index (κ1) is 19.3. The van der Waals surface area contributed by atoms with E-state index in [0.29, 0.717) is 27.6 Å². The smallest absolute Gasteiger partial charge is 0.256 e. The van der Waals surface area contributed by atoms with E-state index in [2.05, 4.69) is 15.0 Å². The number of carboxylic acids is 1. The van der Waals surface area contributed by atoms with Crippen LogP contribution in [-0.2, 0) is 21.2 Å². The van der Waals surface area contributed by atoms with Gasteiger partial charge in [0, 0.05) is 39.1 Å². The zero-order valence-corrected chi connectivity index (χ0v) is 16.8. The molecule has 0 bridgehead atoms. The number of rotatable bonds is 6. The first-order chi connectivity index (χ1) is 14.8. The summed E-state index contributed by atoms with van der Waals surface area (Å²) < 4.78 is 28.6. The van der Waals surface area contributed by atoms with Crippen LogP contribution in [0.15, 0.2) is 65.7 Å². The third-order valence-electron chi connectivity index (χ3n) is 5.46. The van der Waals surface area contributed by atoms with E-state index in [9.17, 15) is 23.1 Å². The Morgan fingerprint density at radius 2 is 1.81 bits per heavy atom. The summed E-state index contributed by atoms with van der Waals surface area (Å²) in [4.78, 5) is 26.8. The molecule has 4 aromatic rings. The van der Waals surface area contributed by atoms with E-state index in [-0.39, 0.29) is 17.2 Å². The second kappa shape index (κ2) is 6.93. The first-order valence-corrected chi connectivity index (χ1v) is 11.0. The van der Waals surface area contributed by atoms with Crippen molar-refractivity contribution in [3.63, 3.8) is 0 Å². The van der Waals surface area contributed by atoms with Gasteiger partial charge in [-0.3, -0.25) is 4.79 Å². The zero-order chi connectivity index (χ0) is 21.8. The lowest BCUT2D eigenvalue weighted by atomic mass is 10.1. The molecule has 0 aliphatic carbocycles. The van der Waals surface area contributed by atoms with E-state index >= 15 is 0 Å². The maximum atomic E-state index is 13.2. The highest BCUT2D eigenvalue weighted by molar-refractivity contribution is 7.89. The molecule has 31 heavy (non-hydrogen) atoms. The molecule has 0 saturated carbocycles. The Morgan fingerprint density at radius 1 is 1.03 bits per heavy atom.